The second kappa shape index (κ2) is 8.66. The Hall–Kier alpha value is -3.35. The van der Waals surface area contributed by atoms with Gasteiger partial charge in [0.05, 0.1) is 13.5 Å². The van der Waals surface area contributed by atoms with Crippen molar-refractivity contribution < 1.29 is 23.9 Å². The fraction of sp³-hybridized carbons (Fsp3) is 0.211. The van der Waals surface area contributed by atoms with E-state index in [0.717, 1.165) is 5.56 Å². The predicted molar refractivity (Wildman–Crippen MR) is 95.8 cm³/mol. The molecule has 0 heterocycles. The van der Waals surface area contributed by atoms with Crippen molar-refractivity contribution in [3.8, 4) is 5.75 Å². The second-order valence-corrected chi connectivity index (χ2v) is 5.59. The van der Waals surface area contributed by atoms with E-state index in [-0.39, 0.29) is 6.42 Å². The largest absolute Gasteiger partial charge is 0.497 e. The second-order valence-electron chi connectivity index (χ2n) is 5.59. The highest BCUT2D eigenvalue weighted by Crippen LogP contribution is 2.13. The standard InChI is InChI=1S/C19H20N2O5/c1-12(19(24)21-15-7-5-14(6-8-15)18(20)23)26-17(22)11-13-3-9-16(25-2)10-4-13/h3-10,12H,11H2,1-2H3,(H2,20,23)(H,21,24)/t12-/m1/s1. The van der Waals surface area contributed by atoms with E-state index >= 15 is 0 Å². The molecule has 0 fully saturated rings. The van der Waals surface area contributed by atoms with E-state index in [4.69, 9.17) is 15.2 Å². The van der Waals surface area contributed by atoms with Crippen LogP contribution in [0.4, 0.5) is 5.69 Å². The minimum absolute atomic E-state index is 0.0505. The molecule has 0 radical (unpaired) electrons. The average Bonchev–Trinajstić information content (AvgIpc) is 2.62. The van der Waals surface area contributed by atoms with E-state index < -0.39 is 23.9 Å². The van der Waals surface area contributed by atoms with Crippen LogP contribution < -0.4 is 15.8 Å². The summed E-state index contributed by atoms with van der Waals surface area (Å²) in [6.07, 6.45) is -0.911. The summed E-state index contributed by atoms with van der Waals surface area (Å²) >= 11 is 0. The molecule has 7 heteroatoms. The SMILES string of the molecule is COc1ccc(CC(=O)O[C@H](C)C(=O)Nc2ccc(C(N)=O)cc2)cc1. The number of anilines is 1. The lowest BCUT2D eigenvalue weighted by Gasteiger charge is -2.14. The Morgan fingerprint density at radius 3 is 2.19 bits per heavy atom. The molecule has 26 heavy (non-hydrogen) atoms. The summed E-state index contributed by atoms with van der Waals surface area (Å²) < 4.78 is 10.2. The predicted octanol–water partition coefficient (Wildman–Crippen LogP) is 1.91. The fourth-order valence-corrected chi connectivity index (χ4v) is 2.16. The van der Waals surface area contributed by atoms with Crippen molar-refractivity contribution in [3.05, 3.63) is 59.7 Å². The molecule has 0 saturated heterocycles. The third kappa shape index (κ3) is 5.34. The van der Waals surface area contributed by atoms with Gasteiger partial charge in [-0.15, -0.1) is 0 Å². The van der Waals surface area contributed by atoms with Crippen LogP contribution in [0.3, 0.4) is 0 Å². The van der Waals surface area contributed by atoms with Gasteiger partial charge in [0.1, 0.15) is 5.75 Å². The molecular weight excluding hydrogens is 336 g/mol. The number of methoxy groups -OCH3 is 1. The van der Waals surface area contributed by atoms with E-state index in [9.17, 15) is 14.4 Å². The molecule has 2 amide bonds. The summed E-state index contributed by atoms with van der Waals surface area (Å²) in [5.74, 6) is -0.845. The van der Waals surface area contributed by atoms with Crippen LogP contribution in [0, 0.1) is 0 Å². The van der Waals surface area contributed by atoms with Gasteiger partial charge in [0.25, 0.3) is 5.91 Å². The first-order chi connectivity index (χ1) is 12.4. The molecular formula is C19H20N2O5. The molecule has 1 atom stereocenters. The number of amides is 2. The number of benzene rings is 2. The summed E-state index contributed by atoms with van der Waals surface area (Å²) in [4.78, 5) is 35.1. The van der Waals surface area contributed by atoms with Crippen molar-refractivity contribution in [1.82, 2.24) is 0 Å². The first-order valence-corrected chi connectivity index (χ1v) is 7.92. The molecule has 0 aliphatic rings. The molecule has 0 saturated carbocycles. The monoisotopic (exact) mass is 356 g/mol. The molecule has 2 aromatic rings. The molecule has 7 nitrogen and oxygen atoms in total. The maximum absolute atomic E-state index is 12.1. The lowest BCUT2D eigenvalue weighted by Crippen LogP contribution is -2.30. The van der Waals surface area contributed by atoms with Gasteiger partial charge in [-0.25, -0.2) is 0 Å². The third-order valence-electron chi connectivity index (χ3n) is 3.62. The maximum atomic E-state index is 12.1. The Morgan fingerprint density at radius 1 is 1.04 bits per heavy atom. The molecule has 2 rings (SSSR count). The number of carbonyl (C=O) groups excluding carboxylic acids is 3. The topological polar surface area (TPSA) is 108 Å². The van der Waals surface area contributed by atoms with Crippen LogP contribution in [0.15, 0.2) is 48.5 Å². The van der Waals surface area contributed by atoms with Crippen LogP contribution >= 0.6 is 0 Å². The molecule has 0 aliphatic heterocycles. The first kappa shape index (κ1) is 19.0. The van der Waals surface area contributed by atoms with Crippen LogP contribution in [0.5, 0.6) is 5.75 Å². The molecule has 2 aromatic carbocycles. The van der Waals surface area contributed by atoms with Gasteiger partial charge in [0, 0.05) is 11.3 Å². The van der Waals surface area contributed by atoms with Gasteiger partial charge in [0.2, 0.25) is 5.91 Å². The van der Waals surface area contributed by atoms with Gasteiger partial charge in [-0.2, -0.15) is 0 Å². The average molecular weight is 356 g/mol. The van der Waals surface area contributed by atoms with Gasteiger partial charge >= 0.3 is 5.97 Å². The zero-order chi connectivity index (χ0) is 19.1. The fourth-order valence-electron chi connectivity index (χ4n) is 2.16. The Bertz CT molecular complexity index is 785. The van der Waals surface area contributed by atoms with Crippen molar-refractivity contribution in [2.75, 3.05) is 12.4 Å². The van der Waals surface area contributed by atoms with Crippen LogP contribution in [-0.4, -0.2) is 31.0 Å². The lowest BCUT2D eigenvalue weighted by molar-refractivity contribution is -0.152. The van der Waals surface area contributed by atoms with Crippen molar-refractivity contribution in [2.24, 2.45) is 5.73 Å². The van der Waals surface area contributed by atoms with Crippen LogP contribution in [0.2, 0.25) is 0 Å². The van der Waals surface area contributed by atoms with Crippen LogP contribution in [0.1, 0.15) is 22.8 Å². The lowest BCUT2D eigenvalue weighted by atomic mass is 10.1. The number of ether oxygens (including phenoxy) is 2. The van der Waals surface area contributed by atoms with Gasteiger partial charge in [-0.1, -0.05) is 12.1 Å². The van der Waals surface area contributed by atoms with Crippen molar-refractivity contribution in [1.29, 1.82) is 0 Å². The number of carbonyl (C=O) groups is 3. The minimum atomic E-state index is -0.962. The number of esters is 1. The van der Waals surface area contributed by atoms with E-state index in [1.54, 1.807) is 43.5 Å². The molecule has 136 valence electrons. The Labute approximate surface area is 151 Å². The van der Waals surface area contributed by atoms with Gasteiger partial charge < -0.3 is 20.5 Å². The molecule has 0 unspecified atom stereocenters. The summed E-state index contributed by atoms with van der Waals surface area (Å²) in [5.41, 5.74) is 6.72. The van der Waals surface area contributed by atoms with E-state index in [0.29, 0.717) is 17.0 Å². The summed E-state index contributed by atoms with van der Waals surface area (Å²) in [5, 5.41) is 2.61. The Balaban J connectivity index is 1.86. The molecule has 0 bridgehead atoms. The molecule has 0 aromatic heterocycles. The third-order valence-corrected chi connectivity index (χ3v) is 3.62. The van der Waals surface area contributed by atoms with E-state index in [1.807, 2.05) is 0 Å². The highest BCUT2D eigenvalue weighted by molar-refractivity contribution is 5.96. The van der Waals surface area contributed by atoms with Crippen LogP contribution in [0.25, 0.3) is 0 Å². The highest BCUT2D eigenvalue weighted by Gasteiger charge is 2.18. The normalized spacial score (nSPS) is 11.3. The number of nitrogens with one attached hydrogen (secondary N) is 1. The van der Waals surface area contributed by atoms with Crippen molar-refractivity contribution >= 4 is 23.5 Å². The number of hydrogen-bond donors (Lipinski definition) is 2. The molecule has 0 aliphatic carbocycles. The maximum Gasteiger partial charge on any atom is 0.311 e. The zero-order valence-electron chi connectivity index (χ0n) is 14.5. The molecule has 0 spiro atoms. The minimum Gasteiger partial charge on any atom is -0.497 e. The Morgan fingerprint density at radius 2 is 1.65 bits per heavy atom. The smallest absolute Gasteiger partial charge is 0.311 e. The molecule has 3 N–H and O–H groups in total. The number of rotatable bonds is 7. The number of hydrogen-bond acceptors (Lipinski definition) is 5. The van der Waals surface area contributed by atoms with Crippen LogP contribution in [-0.2, 0) is 20.7 Å². The Kier molecular flexibility index (Phi) is 6.32. The summed E-state index contributed by atoms with van der Waals surface area (Å²) in [7, 11) is 1.56. The summed E-state index contributed by atoms with van der Waals surface area (Å²) in [6.45, 7) is 1.49. The van der Waals surface area contributed by atoms with Gasteiger partial charge in [0.15, 0.2) is 6.10 Å². The highest BCUT2D eigenvalue weighted by atomic mass is 16.5. The first-order valence-electron chi connectivity index (χ1n) is 7.92. The van der Waals surface area contributed by atoms with Crippen molar-refractivity contribution in [3.63, 3.8) is 0 Å². The van der Waals surface area contributed by atoms with Crippen molar-refractivity contribution in [2.45, 2.75) is 19.4 Å². The number of nitrogens with two attached hydrogens (primary N) is 1. The number of primary amides is 1. The zero-order valence-corrected chi connectivity index (χ0v) is 14.5. The van der Waals surface area contributed by atoms with E-state index in [1.165, 1.54) is 19.1 Å². The van der Waals surface area contributed by atoms with Gasteiger partial charge in [-0.05, 0) is 48.9 Å². The quantitative estimate of drug-likeness (QED) is 0.737. The van der Waals surface area contributed by atoms with Gasteiger partial charge in [-0.3, -0.25) is 14.4 Å². The van der Waals surface area contributed by atoms with E-state index in [2.05, 4.69) is 5.32 Å². The summed E-state index contributed by atoms with van der Waals surface area (Å²) in [6, 6.07) is 13.1.